The van der Waals surface area contributed by atoms with Gasteiger partial charge >= 0.3 is 0 Å². The molecule has 0 aliphatic rings. The fourth-order valence-electron chi connectivity index (χ4n) is 2.43. The first-order chi connectivity index (χ1) is 12.0. The number of amides is 1. The Morgan fingerprint density at radius 3 is 2.48 bits per heavy atom. The quantitative estimate of drug-likeness (QED) is 0.739. The zero-order chi connectivity index (χ0) is 18.0. The van der Waals surface area contributed by atoms with Crippen LogP contribution in [0, 0.1) is 19.7 Å². The molecule has 0 saturated carbocycles. The van der Waals surface area contributed by atoms with E-state index in [1.54, 1.807) is 0 Å². The number of hydrogen-bond acceptors (Lipinski definition) is 3. The average molecular weight is 337 g/mol. The van der Waals surface area contributed by atoms with Crippen molar-refractivity contribution in [1.29, 1.82) is 0 Å². The Bertz CT molecular complexity index is 946. The first-order valence-corrected chi connectivity index (χ1v) is 7.67. The van der Waals surface area contributed by atoms with E-state index < -0.39 is 11.7 Å². The minimum absolute atomic E-state index is 0.235. The van der Waals surface area contributed by atoms with Gasteiger partial charge in [0.1, 0.15) is 11.5 Å². The standard InChI is InChI=1S/C19H16FN3O2/c1-12-3-8-16(9-13(12)2)23-18(11-24)17(10-21-23)22-19(25)14-4-6-15(20)7-5-14/h3-11H,1-2H3,(H,22,25). The van der Waals surface area contributed by atoms with E-state index in [2.05, 4.69) is 10.4 Å². The number of aryl methyl sites for hydroxylation is 2. The Balaban J connectivity index is 1.92. The molecule has 0 aliphatic heterocycles. The average Bonchev–Trinajstić information content (AvgIpc) is 3.00. The van der Waals surface area contributed by atoms with Gasteiger partial charge in [0.2, 0.25) is 0 Å². The van der Waals surface area contributed by atoms with Crippen molar-refractivity contribution in [2.24, 2.45) is 0 Å². The van der Waals surface area contributed by atoms with E-state index in [1.807, 2.05) is 32.0 Å². The molecule has 3 rings (SSSR count). The van der Waals surface area contributed by atoms with Gasteiger partial charge in [0.25, 0.3) is 5.91 Å². The monoisotopic (exact) mass is 337 g/mol. The second-order valence-electron chi connectivity index (χ2n) is 5.70. The number of anilines is 1. The van der Waals surface area contributed by atoms with E-state index in [0.29, 0.717) is 12.0 Å². The predicted octanol–water partition coefficient (Wildman–Crippen LogP) is 3.69. The first kappa shape index (κ1) is 16.6. The zero-order valence-electron chi connectivity index (χ0n) is 13.8. The molecule has 6 heteroatoms. The largest absolute Gasteiger partial charge is 0.319 e. The van der Waals surface area contributed by atoms with Crippen LogP contribution < -0.4 is 5.32 Å². The molecule has 126 valence electrons. The van der Waals surface area contributed by atoms with Crippen LogP contribution in [0.15, 0.2) is 48.7 Å². The smallest absolute Gasteiger partial charge is 0.255 e. The summed E-state index contributed by atoms with van der Waals surface area (Å²) < 4.78 is 14.4. The molecule has 0 saturated heterocycles. The van der Waals surface area contributed by atoms with E-state index in [1.165, 1.54) is 35.1 Å². The van der Waals surface area contributed by atoms with E-state index in [9.17, 15) is 14.0 Å². The fourth-order valence-corrected chi connectivity index (χ4v) is 2.43. The van der Waals surface area contributed by atoms with Crippen molar-refractivity contribution in [2.75, 3.05) is 5.32 Å². The summed E-state index contributed by atoms with van der Waals surface area (Å²) in [7, 11) is 0. The molecule has 1 aromatic heterocycles. The normalized spacial score (nSPS) is 10.5. The zero-order valence-corrected chi connectivity index (χ0v) is 13.8. The Morgan fingerprint density at radius 1 is 1.12 bits per heavy atom. The molecule has 0 fully saturated rings. The van der Waals surface area contributed by atoms with Gasteiger partial charge in [0.05, 0.1) is 17.6 Å². The Labute approximate surface area is 144 Å². The second-order valence-corrected chi connectivity index (χ2v) is 5.70. The number of aromatic nitrogens is 2. The molecule has 0 unspecified atom stereocenters. The predicted molar refractivity (Wildman–Crippen MR) is 92.8 cm³/mol. The third-order valence-corrected chi connectivity index (χ3v) is 4.01. The van der Waals surface area contributed by atoms with Crippen LogP contribution in [0.4, 0.5) is 10.1 Å². The molecule has 3 aromatic rings. The maximum atomic E-state index is 13.0. The van der Waals surface area contributed by atoms with Crippen molar-refractivity contribution in [3.8, 4) is 5.69 Å². The number of carbonyl (C=O) groups is 2. The summed E-state index contributed by atoms with van der Waals surface area (Å²) in [5, 5.41) is 6.84. The minimum Gasteiger partial charge on any atom is -0.319 e. The van der Waals surface area contributed by atoms with Crippen LogP contribution in [0.3, 0.4) is 0 Å². The highest BCUT2D eigenvalue weighted by Crippen LogP contribution is 2.20. The van der Waals surface area contributed by atoms with Crippen LogP contribution >= 0.6 is 0 Å². The van der Waals surface area contributed by atoms with Gasteiger partial charge in [-0.05, 0) is 61.4 Å². The van der Waals surface area contributed by atoms with Crippen molar-refractivity contribution in [2.45, 2.75) is 13.8 Å². The number of hydrogen-bond donors (Lipinski definition) is 1. The van der Waals surface area contributed by atoms with E-state index in [0.717, 1.165) is 16.8 Å². The van der Waals surface area contributed by atoms with E-state index in [-0.39, 0.29) is 11.3 Å². The summed E-state index contributed by atoms with van der Waals surface area (Å²) >= 11 is 0. The third kappa shape index (κ3) is 3.33. The number of halogens is 1. The van der Waals surface area contributed by atoms with Crippen LogP contribution in [0.2, 0.25) is 0 Å². The van der Waals surface area contributed by atoms with Crippen LogP contribution in [0.25, 0.3) is 5.69 Å². The Hall–Kier alpha value is -3.28. The van der Waals surface area contributed by atoms with Gasteiger partial charge in [0.15, 0.2) is 6.29 Å². The summed E-state index contributed by atoms with van der Waals surface area (Å²) in [6.45, 7) is 3.97. The number of carbonyl (C=O) groups excluding carboxylic acids is 2. The van der Waals surface area contributed by atoms with Gasteiger partial charge in [0, 0.05) is 5.56 Å². The molecular formula is C19H16FN3O2. The third-order valence-electron chi connectivity index (χ3n) is 4.01. The number of rotatable bonds is 4. The summed E-state index contributed by atoms with van der Waals surface area (Å²) in [4.78, 5) is 23.8. The van der Waals surface area contributed by atoms with Crippen LogP contribution in [-0.4, -0.2) is 22.0 Å². The van der Waals surface area contributed by atoms with Gasteiger partial charge in [-0.2, -0.15) is 5.10 Å². The minimum atomic E-state index is -0.442. The van der Waals surface area contributed by atoms with E-state index in [4.69, 9.17) is 0 Å². The maximum Gasteiger partial charge on any atom is 0.255 e. The molecular weight excluding hydrogens is 321 g/mol. The molecule has 1 N–H and O–H groups in total. The molecule has 0 bridgehead atoms. The Kier molecular flexibility index (Phi) is 4.43. The molecule has 0 spiro atoms. The number of nitrogens with zero attached hydrogens (tertiary/aromatic N) is 2. The lowest BCUT2D eigenvalue weighted by Gasteiger charge is -2.08. The summed E-state index contributed by atoms with van der Waals surface area (Å²) in [5.41, 5.74) is 3.75. The topological polar surface area (TPSA) is 64.0 Å². The molecule has 0 atom stereocenters. The molecule has 1 heterocycles. The van der Waals surface area contributed by atoms with Crippen molar-refractivity contribution in [3.63, 3.8) is 0 Å². The van der Waals surface area contributed by atoms with Gasteiger partial charge in [-0.3, -0.25) is 9.59 Å². The summed E-state index contributed by atoms with van der Waals surface area (Å²) in [6, 6.07) is 10.9. The van der Waals surface area contributed by atoms with Crippen LogP contribution in [-0.2, 0) is 0 Å². The molecule has 1 amide bonds. The van der Waals surface area contributed by atoms with Gasteiger partial charge in [-0.1, -0.05) is 6.07 Å². The molecule has 25 heavy (non-hydrogen) atoms. The maximum absolute atomic E-state index is 13.0. The van der Waals surface area contributed by atoms with Crippen molar-refractivity contribution in [1.82, 2.24) is 9.78 Å². The van der Waals surface area contributed by atoms with Gasteiger partial charge < -0.3 is 5.32 Å². The number of benzene rings is 2. The highest BCUT2D eigenvalue weighted by Gasteiger charge is 2.15. The first-order valence-electron chi connectivity index (χ1n) is 7.67. The molecule has 5 nitrogen and oxygen atoms in total. The van der Waals surface area contributed by atoms with Crippen molar-refractivity contribution < 1.29 is 14.0 Å². The molecule has 0 aliphatic carbocycles. The SMILES string of the molecule is Cc1ccc(-n2ncc(NC(=O)c3ccc(F)cc3)c2C=O)cc1C. The van der Waals surface area contributed by atoms with Crippen LogP contribution in [0.1, 0.15) is 32.0 Å². The lowest BCUT2D eigenvalue weighted by molar-refractivity contribution is 0.102. The summed E-state index contributed by atoms with van der Waals surface area (Å²) in [5.74, 6) is -0.865. The van der Waals surface area contributed by atoms with Crippen molar-refractivity contribution >= 4 is 17.9 Å². The lowest BCUT2D eigenvalue weighted by Crippen LogP contribution is -2.13. The number of nitrogens with one attached hydrogen (secondary N) is 1. The lowest BCUT2D eigenvalue weighted by atomic mass is 10.1. The summed E-state index contributed by atoms with van der Waals surface area (Å²) in [6.07, 6.45) is 2.06. The fraction of sp³-hybridized carbons (Fsp3) is 0.105. The highest BCUT2D eigenvalue weighted by atomic mass is 19.1. The van der Waals surface area contributed by atoms with Crippen molar-refractivity contribution in [3.05, 3.63) is 76.9 Å². The molecule has 0 radical (unpaired) electrons. The van der Waals surface area contributed by atoms with Gasteiger partial charge in [-0.25, -0.2) is 9.07 Å². The van der Waals surface area contributed by atoms with Gasteiger partial charge in [-0.15, -0.1) is 0 Å². The van der Waals surface area contributed by atoms with E-state index >= 15 is 0 Å². The number of aldehydes is 1. The second kappa shape index (κ2) is 6.68. The highest BCUT2D eigenvalue weighted by molar-refractivity contribution is 6.06. The van der Waals surface area contributed by atoms with Crippen LogP contribution in [0.5, 0.6) is 0 Å². The Morgan fingerprint density at radius 2 is 1.84 bits per heavy atom. The molecule has 2 aromatic carbocycles.